The number of amides is 1. The van der Waals surface area contributed by atoms with Crippen molar-refractivity contribution in [1.29, 1.82) is 0 Å². The van der Waals surface area contributed by atoms with Crippen LogP contribution in [0.15, 0.2) is 41.8 Å². The zero-order valence-electron chi connectivity index (χ0n) is 10.3. The molecule has 1 aromatic heterocycles. The highest BCUT2D eigenvalue weighted by atomic mass is 32.1. The summed E-state index contributed by atoms with van der Waals surface area (Å²) in [4.78, 5) is 12.4. The lowest BCUT2D eigenvalue weighted by Crippen LogP contribution is -2.15. The summed E-state index contributed by atoms with van der Waals surface area (Å²) in [6, 6.07) is 12.0. The molecule has 0 aliphatic heterocycles. The minimum absolute atomic E-state index is 0.0410. The van der Waals surface area contributed by atoms with E-state index in [2.05, 4.69) is 22.1 Å². The molecule has 1 amide bonds. The molecule has 0 saturated carbocycles. The third kappa shape index (κ3) is 3.68. The number of nitrogens with one attached hydrogen (secondary N) is 2. The molecule has 0 aliphatic rings. The van der Waals surface area contributed by atoms with Crippen molar-refractivity contribution in [1.82, 2.24) is 5.32 Å². The minimum atomic E-state index is -0.0410. The van der Waals surface area contributed by atoms with Crippen molar-refractivity contribution in [2.75, 3.05) is 5.32 Å². The third-order valence-corrected chi connectivity index (χ3v) is 3.40. The molecule has 1 heterocycles. The van der Waals surface area contributed by atoms with Crippen LogP contribution in [-0.4, -0.2) is 5.91 Å². The van der Waals surface area contributed by atoms with Crippen LogP contribution < -0.4 is 10.6 Å². The normalized spacial score (nSPS) is 10.3. The lowest BCUT2D eigenvalue weighted by atomic mass is 10.1. The molecule has 0 aliphatic carbocycles. The van der Waals surface area contributed by atoms with Gasteiger partial charge in [0.05, 0.1) is 0 Å². The molecule has 0 unspecified atom stereocenters. The molecule has 0 radical (unpaired) electrons. The van der Waals surface area contributed by atoms with E-state index < -0.39 is 0 Å². The van der Waals surface area contributed by atoms with E-state index in [4.69, 9.17) is 0 Å². The maximum Gasteiger partial charge on any atom is 0.221 e. The summed E-state index contributed by atoms with van der Waals surface area (Å²) < 4.78 is 0. The lowest BCUT2D eigenvalue weighted by Gasteiger charge is -2.10. The molecule has 0 bridgehead atoms. The van der Waals surface area contributed by atoms with E-state index >= 15 is 0 Å². The number of carbonyl (C=O) groups excluding carboxylic acids is 1. The van der Waals surface area contributed by atoms with E-state index in [1.165, 1.54) is 11.8 Å². The van der Waals surface area contributed by atoms with Gasteiger partial charge < -0.3 is 10.6 Å². The Kier molecular flexibility index (Phi) is 4.50. The Bertz CT molecular complexity index is 508. The van der Waals surface area contributed by atoms with Gasteiger partial charge in [-0.25, -0.2) is 0 Å². The van der Waals surface area contributed by atoms with Crippen LogP contribution in [0.5, 0.6) is 0 Å². The molecule has 2 N–H and O–H groups in total. The zero-order chi connectivity index (χ0) is 12.8. The fourth-order valence-electron chi connectivity index (χ4n) is 1.72. The van der Waals surface area contributed by atoms with Gasteiger partial charge in [-0.3, -0.25) is 4.79 Å². The highest BCUT2D eigenvalue weighted by Crippen LogP contribution is 2.15. The molecule has 2 rings (SSSR count). The number of carbonyl (C=O) groups is 1. The van der Waals surface area contributed by atoms with Crippen LogP contribution in [0.3, 0.4) is 0 Å². The van der Waals surface area contributed by atoms with Crippen LogP contribution in [0.25, 0.3) is 0 Å². The Morgan fingerprint density at radius 1 is 1.17 bits per heavy atom. The Hall–Kier alpha value is -1.65. The SMILES string of the molecule is CC(=O)Nc1ccccc1CNCc1cccs1. The molecule has 18 heavy (non-hydrogen) atoms. The molecule has 2 aromatic rings. The van der Waals surface area contributed by atoms with Gasteiger partial charge >= 0.3 is 0 Å². The number of rotatable bonds is 5. The van der Waals surface area contributed by atoms with Crippen LogP contribution in [-0.2, 0) is 17.9 Å². The van der Waals surface area contributed by atoms with Crippen molar-refractivity contribution in [3.05, 3.63) is 52.2 Å². The second kappa shape index (κ2) is 6.33. The van der Waals surface area contributed by atoms with Gasteiger partial charge in [0.2, 0.25) is 5.91 Å². The zero-order valence-corrected chi connectivity index (χ0v) is 11.1. The summed E-state index contributed by atoms with van der Waals surface area (Å²) in [6.07, 6.45) is 0. The Morgan fingerprint density at radius 2 is 2.00 bits per heavy atom. The van der Waals surface area contributed by atoms with Gasteiger partial charge in [-0.15, -0.1) is 11.3 Å². The fraction of sp³-hybridized carbons (Fsp3) is 0.214. The average molecular weight is 260 g/mol. The first kappa shape index (κ1) is 12.8. The van der Waals surface area contributed by atoms with E-state index in [0.29, 0.717) is 0 Å². The molecule has 0 spiro atoms. The van der Waals surface area contributed by atoms with E-state index in [9.17, 15) is 4.79 Å². The average Bonchev–Trinajstić information content (AvgIpc) is 2.84. The number of thiophene rings is 1. The molecule has 4 heteroatoms. The maximum absolute atomic E-state index is 11.1. The summed E-state index contributed by atoms with van der Waals surface area (Å²) in [5, 5.41) is 8.29. The molecule has 0 saturated heterocycles. The number of hydrogen-bond acceptors (Lipinski definition) is 3. The van der Waals surface area contributed by atoms with Crippen molar-refractivity contribution >= 4 is 22.9 Å². The number of para-hydroxylation sites is 1. The predicted molar refractivity (Wildman–Crippen MR) is 75.6 cm³/mol. The summed E-state index contributed by atoms with van der Waals surface area (Å²) >= 11 is 1.74. The van der Waals surface area contributed by atoms with Crippen molar-refractivity contribution in [2.24, 2.45) is 0 Å². The van der Waals surface area contributed by atoms with Crippen molar-refractivity contribution in [3.8, 4) is 0 Å². The summed E-state index contributed by atoms with van der Waals surface area (Å²) in [6.45, 7) is 3.12. The van der Waals surface area contributed by atoms with E-state index in [-0.39, 0.29) is 5.91 Å². The van der Waals surface area contributed by atoms with E-state index in [0.717, 1.165) is 24.3 Å². The molecule has 0 atom stereocenters. The fourth-order valence-corrected chi connectivity index (χ4v) is 2.39. The van der Waals surface area contributed by atoms with E-state index in [1.807, 2.05) is 30.3 Å². The minimum Gasteiger partial charge on any atom is -0.326 e. The topological polar surface area (TPSA) is 41.1 Å². The lowest BCUT2D eigenvalue weighted by molar-refractivity contribution is -0.114. The largest absolute Gasteiger partial charge is 0.326 e. The van der Waals surface area contributed by atoms with Gasteiger partial charge in [-0.2, -0.15) is 0 Å². The summed E-state index contributed by atoms with van der Waals surface area (Å²) in [5.41, 5.74) is 1.98. The monoisotopic (exact) mass is 260 g/mol. The molecular formula is C14H16N2OS. The van der Waals surface area contributed by atoms with Gasteiger partial charge in [-0.05, 0) is 23.1 Å². The maximum atomic E-state index is 11.1. The quantitative estimate of drug-likeness (QED) is 0.867. The van der Waals surface area contributed by atoms with Gasteiger partial charge in [0, 0.05) is 30.6 Å². The third-order valence-electron chi connectivity index (χ3n) is 2.52. The smallest absolute Gasteiger partial charge is 0.221 e. The molecule has 94 valence electrons. The number of hydrogen-bond donors (Lipinski definition) is 2. The van der Waals surface area contributed by atoms with Crippen LogP contribution in [0.4, 0.5) is 5.69 Å². The highest BCUT2D eigenvalue weighted by Gasteiger charge is 2.02. The molecule has 1 aromatic carbocycles. The highest BCUT2D eigenvalue weighted by molar-refractivity contribution is 7.09. The van der Waals surface area contributed by atoms with Crippen molar-refractivity contribution < 1.29 is 4.79 Å². The first-order valence-corrected chi connectivity index (χ1v) is 6.72. The molecule has 0 fully saturated rings. The van der Waals surface area contributed by atoms with Gasteiger partial charge in [0.25, 0.3) is 0 Å². The first-order chi connectivity index (χ1) is 8.75. The predicted octanol–water partition coefficient (Wildman–Crippen LogP) is 3.00. The van der Waals surface area contributed by atoms with Gasteiger partial charge in [-0.1, -0.05) is 24.3 Å². The van der Waals surface area contributed by atoms with Crippen LogP contribution in [0.1, 0.15) is 17.4 Å². The standard InChI is InChI=1S/C14H16N2OS/c1-11(17)16-14-7-3-2-5-12(14)9-15-10-13-6-4-8-18-13/h2-8,15H,9-10H2,1H3,(H,16,17). The summed E-state index contributed by atoms with van der Waals surface area (Å²) in [5.74, 6) is -0.0410. The number of benzene rings is 1. The van der Waals surface area contributed by atoms with Gasteiger partial charge in [0.15, 0.2) is 0 Å². The second-order valence-electron chi connectivity index (χ2n) is 4.02. The van der Waals surface area contributed by atoms with Crippen LogP contribution in [0, 0.1) is 0 Å². The molecular weight excluding hydrogens is 244 g/mol. The Balaban J connectivity index is 1.94. The second-order valence-corrected chi connectivity index (χ2v) is 5.05. The van der Waals surface area contributed by atoms with Crippen LogP contribution in [0.2, 0.25) is 0 Å². The van der Waals surface area contributed by atoms with Crippen LogP contribution >= 0.6 is 11.3 Å². The summed E-state index contributed by atoms with van der Waals surface area (Å²) in [7, 11) is 0. The molecule has 3 nitrogen and oxygen atoms in total. The first-order valence-electron chi connectivity index (χ1n) is 5.84. The van der Waals surface area contributed by atoms with Crippen molar-refractivity contribution in [3.63, 3.8) is 0 Å². The Morgan fingerprint density at radius 3 is 2.72 bits per heavy atom. The Labute approximate surface area is 111 Å². The van der Waals surface area contributed by atoms with E-state index in [1.54, 1.807) is 11.3 Å². The number of anilines is 1. The van der Waals surface area contributed by atoms with Crippen molar-refractivity contribution in [2.45, 2.75) is 20.0 Å². The van der Waals surface area contributed by atoms with Gasteiger partial charge in [0.1, 0.15) is 0 Å².